The summed E-state index contributed by atoms with van der Waals surface area (Å²) in [7, 11) is 0. The highest BCUT2D eigenvalue weighted by molar-refractivity contribution is 6.07. The average Bonchev–Trinajstić information content (AvgIpc) is 2.64. The molecule has 0 radical (unpaired) electrons. The van der Waals surface area contributed by atoms with Crippen LogP contribution in [0.2, 0.25) is 0 Å². The third-order valence-electron chi connectivity index (χ3n) is 5.31. The number of aryl methyl sites for hydroxylation is 1. The molecule has 1 spiro atoms. The van der Waals surface area contributed by atoms with Gasteiger partial charge in [-0.1, -0.05) is 73.4 Å². The van der Waals surface area contributed by atoms with Crippen LogP contribution in [0, 0.1) is 12.3 Å². The number of hydrogen-bond donors (Lipinski definition) is 0. The molecule has 2 heteroatoms. The van der Waals surface area contributed by atoms with Crippen molar-refractivity contribution in [1.29, 1.82) is 0 Å². The summed E-state index contributed by atoms with van der Waals surface area (Å²) in [5.74, 6) is 0. The van der Waals surface area contributed by atoms with E-state index in [1.54, 1.807) is 0 Å². The zero-order valence-corrected chi connectivity index (χ0v) is 14.3. The summed E-state index contributed by atoms with van der Waals surface area (Å²) in [5, 5.41) is 7.12. The molecule has 122 valence electrons. The minimum Gasteiger partial charge on any atom is -0.241 e. The third kappa shape index (κ3) is 2.77. The van der Waals surface area contributed by atoms with E-state index in [1.807, 2.05) is 5.01 Å². The van der Waals surface area contributed by atoms with Crippen LogP contribution in [0.15, 0.2) is 72.0 Å². The fraction of sp³-hybridized carbons (Fsp3) is 0.318. The summed E-state index contributed by atoms with van der Waals surface area (Å²) in [6, 6.07) is 19.3. The Hall–Kier alpha value is -2.35. The quantitative estimate of drug-likeness (QED) is 0.695. The van der Waals surface area contributed by atoms with E-state index in [0.29, 0.717) is 0 Å². The Morgan fingerprint density at radius 1 is 0.875 bits per heavy atom. The second-order valence-corrected chi connectivity index (χ2v) is 7.03. The van der Waals surface area contributed by atoms with E-state index < -0.39 is 0 Å². The summed E-state index contributed by atoms with van der Waals surface area (Å²) in [6.45, 7) is 2.12. The molecule has 24 heavy (non-hydrogen) atoms. The van der Waals surface area contributed by atoms with Crippen LogP contribution >= 0.6 is 0 Å². The summed E-state index contributed by atoms with van der Waals surface area (Å²) in [6.07, 6.45) is 10.9. The molecule has 0 N–H and O–H groups in total. The lowest BCUT2D eigenvalue weighted by Gasteiger charge is -2.39. The average molecular weight is 316 g/mol. The molecule has 0 unspecified atom stereocenters. The molecular formula is C22H24N2. The van der Waals surface area contributed by atoms with Gasteiger partial charge in [-0.3, -0.25) is 0 Å². The predicted octanol–water partition coefficient (Wildman–Crippen LogP) is 5.68. The Bertz CT molecular complexity index is 750. The van der Waals surface area contributed by atoms with Crippen molar-refractivity contribution < 1.29 is 0 Å². The molecule has 2 nitrogen and oxygen atoms in total. The molecule has 1 fully saturated rings. The first kappa shape index (κ1) is 15.2. The Labute approximate surface area is 144 Å². The van der Waals surface area contributed by atoms with Crippen molar-refractivity contribution in [2.24, 2.45) is 10.5 Å². The third-order valence-corrected chi connectivity index (χ3v) is 5.31. The first-order valence-electron chi connectivity index (χ1n) is 8.97. The summed E-state index contributed by atoms with van der Waals surface area (Å²) >= 11 is 0. The van der Waals surface area contributed by atoms with Crippen molar-refractivity contribution >= 4 is 11.4 Å². The van der Waals surface area contributed by atoms with Gasteiger partial charge >= 0.3 is 0 Å². The molecule has 2 aliphatic rings. The lowest BCUT2D eigenvalue weighted by Crippen LogP contribution is -2.37. The van der Waals surface area contributed by atoms with Gasteiger partial charge in [-0.25, -0.2) is 5.01 Å². The van der Waals surface area contributed by atoms with E-state index in [1.165, 1.54) is 48.9 Å². The van der Waals surface area contributed by atoms with Crippen LogP contribution in [0.5, 0.6) is 0 Å². The van der Waals surface area contributed by atoms with E-state index >= 15 is 0 Å². The topological polar surface area (TPSA) is 15.6 Å². The molecule has 0 saturated heterocycles. The van der Waals surface area contributed by atoms with Crippen LogP contribution in [-0.2, 0) is 0 Å². The minimum absolute atomic E-state index is 0.112. The Balaban J connectivity index is 1.76. The molecule has 0 bridgehead atoms. The largest absolute Gasteiger partial charge is 0.241 e. The van der Waals surface area contributed by atoms with Crippen LogP contribution in [0.4, 0.5) is 5.69 Å². The SMILES string of the molecule is Cc1ccc(N2C=CC3(CCCCC3)C(c3ccccc3)=N2)cc1. The van der Waals surface area contributed by atoms with Crippen molar-refractivity contribution in [2.75, 3.05) is 5.01 Å². The van der Waals surface area contributed by atoms with Crippen LogP contribution in [-0.4, -0.2) is 5.71 Å². The monoisotopic (exact) mass is 316 g/mol. The van der Waals surface area contributed by atoms with Gasteiger partial charge in [-0.2, -0.15) is 5.10 Å². The molecule has 2 aromatic rings. The number of hydrazone groups is 1. The Morgan fingerprint density at radius 3 is 2.29 bits per heavy atom. The lowest BCUT2D eigenvalue weighted by molar-refractivity contribution is 0.347. The summed E-state index contributed by atoms with van der Waals surface area (Å²) < 4.78 is 0. The molecular weight excluding hydrogens is 292 g/mol. The van der Waals surface area contributed by atoms with Gasteiger partial charge in [0.15, 0.2) is 0 Å². The summed E-state index contributed by atoms with van der Waals surface area (Å²) in [5.41, 5.74) is 4.99. The van der Waals surface area contributed by atoms with Gasteiger partial charge in [0.25, 0.3) is 0 Å². The molecule has 1 aliphatic heterocycles. The number of nitrogens with zero attached hydrogens (tertiary/aromatic N) is 2. The molecule has 4 rings (SSSR count). The molecule has 0 atom stereocenters. The van der Waals surface area contributed by atoms with Crippen molar-refractivity contribution in [3.63, 3.8) is 0 Å². The maximum absolute atomic E-state index is 5.09. The number of hydrogen-bond acceptors (Lipinski definition) is 2. The zero-order valence-electron chi connectivity index (χ0n) is 14.3. The highest BCUT2D eigenvalue weighted by Crippen LogP contribution is 2.43. The van der Waals surface area contributed by atoms with Crippen LogP contribution in [0.3, 0.4) is 0 Å². The molecule has 0 aromatic heterocycles. The number of allylic oxidation sites excluding steroid dienone is 1. The standard InChI is InChI=1S/C22H24N2/c1-18-10-12-20(13-11-18)24-17-16-22(14-6-3-7-15-22)21(23-24)19-8-4-2-5-9-19/h2,4-5,8-13,16-17H,3,6-7,14-15H2,1H3. The maximum Gasteiger partial charge on any atom is 0.0785 e. The lowest BCUT2D eigenvalue weighted by atomic mass is 9.68. The second kappa shape index (κ2) is 6.27. The van der Waals surface area contributed by atoms with Gasteiger partial charge < -0.3 is 0 Å². The van der Waals surface area contributed by atoms with Crippen LogP contribution < -0.4 is 5.01 Å². The number of rotatable bonds is 2. The van der Waals surface area contributed by atoms with E-state index in [-0.39, 0.29) is 5.41 Å². The van der Waals surface area contributed by atoms with Gasteiger partial charge in [0.05, 0.1) is 11.4 Å². The minimum atomic E-state index is 0.112. The molecule has 1 heterocycles. The molecule has 1 saturated carbocycles. The second-order valence-electron chi connectivity index (χ2n) is 7.03. The zero-order chi connectivity index (χ0) is 16.4. The van der Waals surface area contributed by atoms with Gasteiger partial charge in [-0.15, -0.1) is 0 Å². The van der Waals surface area contributed by atoms with Crippen molar-refractivity contribution in [2.45, 2.75) is 39.0 Å². The van der Waals surface area contributed by atoms with Crippen molar-refractivity contribution in [3.8, 4) is 0 Å². The normalized spacial score (nSPS) is 19.4. The van der Waals surface area contributed by atoms with Gasteiger partial charge in [0.1, 0.15) is 0 Å². The molecule has 0 amide bonds. The van der Waals surface area contributed by atoms with E-state index in [9.17, 15) is 0 Å². The first-order chi connectivity index (χ1) is 11.8. The maximum atomic E-state index is 5.09. The molecule has 1 aliphatic carbocycles. The van der Waals surface area contributed by atoms with Crippen LogP contribution in [0.25, 0.3) is 0 Å². The van der Waals surface area contributed by atoms with Gasteiger partial charge in [0, 0.05) is 11.6 Å². The van der Waals surface area contributed by atoms with Gasteiger partial charge in [-0.05, 0) is 37.5 Å². The number of benzene rings is 2. The van der Waals surface area contributed by atoms with Gasteiger partial charge in [0.2, 0.25) is 0 Å². The predicted molar refractivity (Wildman–Crippen MR) is 101 cm³/mol. The fourth-order valence-corrected chi connectivity index (χ4v) is 3.90. The molecule has 2 aromatic carbocycles. The van der Waals surface area contributed by atoms with Crippen molar-refractivity contribution in [3.05, 3.63) is 78.0 Å². The smallest absolute Gasteiger partial charge is 0.0785 e. The van der Waals surface area contributed by atoms with Crippen LogP contribution in [0.1, 0.15) is 43.2 Å². The highest BCUT2D eigenvalue weighted by atomic mass is 15.5. The first-order valence-corrected chi connectivity index (χ1v) is 8.97. The van der Waals surface area contributed by atoms with E-state index in [0.717, 1.165) is 5.69 Å². The summed E-state index contributed by atoms with van der Waals surface area (Å²) in [4.78, 5) is 0. The fourth-order valence-electron chi connectivity index (χ4n) is 3.90. The van der Waals surface area contributed by atoms with Crippen molar-refractivity contribution in [1.82, 2.24) is 0 Å². The number of anilines is 1. The van der Waals surface area contributed by atoms with E-state index in [4.69, 9.17) is 5.10 Å². The highest BCUT2D eigenvalue weighted by Gasteiger charge is 2.38. The Kier molecular flexibility index (Phi) is 3.97. The van der Waals surface area contributed by atoms with E-state index in [2.05, 4.69) is 73.8 Å². The Morgan fingerprint density at radius 2 is 1.58 bits per heavy atom.